The Morgan fingerprint density at radius 1 is 1.29 bits per heavy atom. The predicted octanol–water partition coefficient (Wildman–Crippen LogP) is 3.55. The van der Waals surface area contributed by atoms with Crippen LogP contribution in [0.1, 0.15) is 11.3 Å². The van der Waals surface area contributed by atoms with Gasteiger partial charge in [-0.2, -0.15) is 10.4 Å². The lowest BCUT2D eigenvalue weighted by molar-refractivity contribution is 0.863. The second-order valence-electron chi connectivity index (χ2n) is 3.65. The van der Waals surface area contributed by atoms with Gasteiger partial charge in [-0.25, -0.2) is 4.68 Å². The lowest BCUT2D eigenvalue weighted by Crippen LogP contribution is -1.94. The van der Waals surface area contributed by atoms with Crippen molar-refractivity contribution in [1.82, 2.24) is 9.78 Å². The van der Waals surface area contributed by atoms with Gasteiger partial charge in [0, 0.05) is 21.8 Å². The number of nitrogens with zero attached hydrogens (tertiary/aromatic N) is 3. The molecule has 2 aromatic rings. The molecule has 0 bridgehead atoms. The molecule has 86 valence electrons. The third kappa shape index (κ3) is 2.60. The van der Waals surface area contributed by atoms with Crippen LogP contribution in [0.25, 0.3) is 5.69 Å². The molecule has 1 aromatic heterocycles. The van der Waals surface area contributed by atoms with E-state index in [4.69, 9.17) is 28.5 Å². The molecule has 0 aliphatic heterocycles. The molecule has 0 spiro atoms. The fourth-order valence-electron chi connectivity index (χ4n) is 1.56. The Labute approximate surface area is 109 Å². The van der Waals surface area contributed by atoms with Crippen LogP contribution < -0.4 is 0 Å². The van der Waals surface area contributed by atoms with E-state index in [1.165, 1.54) is 0 Å². The van der Waals surface area contributed by atoms with Gasteiger partial charge in [-0.05, 0) is 25.1 Å². The largest absolute Gasteiger partial charge is 0.240 e. The Morgan fingerprint density at radius 2 is 1.94 bits per heavy atom. The highest BCUT2D eigenvalue weighted by Crippen LogP contribution is 2.22. The van der Waals surface area contributed by atoms with Gasteiger partial charge in [0.05, 0.1) is 23.9 Å². The number of benzene rings is 1. The lowest BCUT2D eigenvalue weighted by atomic mass is 10.2. The Balaban J connectivity index is 2.46. The van der Waals surface area contributed by atoms with E-state index < -0.39 is 0 Å². The van der Waals surface area contributed by atoms with Crippen molar-refractivity contribution in [3.05, 3.63) is 45.7 Å². The Kier molecular flexibility index (Phi) is 3.37. The summed E-state index contributed by atoms with van der Waals surface area (Å²) in [5.74, 6) is 0. The number of halogens is 2. The summed E-state index contributed by atoms with van der Waals surface area (Å²) in [5, 5.41) is 14.1. The zero-order chi connectivity index (χ0) is 12.4. The molecule has 0 radical (unpaired) electrons. The highest BCUT2D eigenvalue weighted by Gasteiger charge is 2.07. The van der Waals surface area contributed by atoms with Crippen molar-refractivity contribution in [1.29, 1.82) is 5.26 Å². The van der Waals surface area contributed by atoms with E-state index in [-0.39, 0.29) is 0 Å². The number of hydrogen-bond donors (Lipinski definition) is 0. The van der Waals surface area contributed by atoms with Crippen molar-refractivity contribution >= 4 is 23.2 Å². The highest BCUT2D eigenvalue weighted by molar-refractivity contribution is 6.34. The van der Waals surface area contributed by atoms with E-state index in [2.05, 4.69) is 11.2 Å². The minimum Gasteiger partial charge on any atom is -0.240 e. The summed E-state index contributed by atoms with van der Waals surface area (Å²) in [6, 6.07) is 7.32. The lowest BCUT2D eigenvalue weighted by Gasteiger charge is -2.02. The minimum absolute atomic E-state index is 0.347. The van der Waals surface area contributed by atoms with E-state index in [0.29, 0.717) is 16.5 Å². The van der Waals surface area contributed by atoms with E-state index in [9.17, 15) is 0 Å². The summed E-state index contributed by atoms with van der Waals surface area (Å²) >= 11 is 11.9. The van der Waals surface area contributed by atoms with Gasteiger partial charge in [-0.1, -0.05) is 23.2 Å². The van der Waals surface area contributed by atoms with Crippen LogP contribution in [0.5, 0.6) is 0 Å². The molecule has 3 nitrogen and oxygen atoms in total. The first-order valence-corrected chi connectivity index (χ1v) is 5.74. The molecule has 0 N–H and O–H groups in total. The van der Waals surface area contributed by atoms with Crippen LogP contribution in [-0.4, -0.2) is 9.78 Å². The SMILES string of the molecule is Cc1nn(-c2cc(Cl)cc(Cl)c2)cc1CC#N. The summed E-state index contributed by atoms with van der Waals surface area (Å²) in [6.45, 7) is 1.87. The smallest absolute Gasteiger partial charge is 0.0675 e. The van der Waals surface area contributed by atoms with Gasteiger partial charge in [0.2, 0.25) is 0 Å². The maximum absolute atomic E-state index is 8.68. The standard InChI is InChI=1S/C12H9Cl2N3/c1-8-9(2-3-15)7-17(16-8)12-5-10(13)4-11(14)6-12/h4-7H,2H2,1H3. The quantitative estimate of drug-likeness (QED) is 0.834. The number of nitriles is 1. The van der Waals surface area contributed by atoms with Gasteiger partial charge in [-0.3, -0.25) is 0 Å². The Hall–Kier alpha value is -1.50. The Morgan fingerprint density at radius 3 is 2.53 bits per heavy atom. The molecule has 0 fully saturated rings. The monoisotopic (exact) mass is 265 g/mol. The van der Waals surface area contributed by atoms with Gasteiger partial charge < -0.3 is 0 Å². The van der Waals surface area contributed by atoms with Gasteiger partial charge in [0.15, 0.2) is 0 Å². The number of rotatable bonds is 2. The maximum atomic E-state index is 8.68. The molecule has 0 amide bonds. The molecule has 2 rings (SSSR count). The topological polar surface area (TPSA) is 41.6 Å². The van der Waals surface area contributed by atoms with Crippen LogP contribution in [0.2, 0.25) is 10.0 Å². The first-order chi connectivity index (χ1) is 8.10. The molecule has 1 heterocycles. The molecular formula is C12H9Cl2N3. The van der Waals surface area contributed by atoms with Crippen LogP contribution in [0.3, 0.4) is 0 Å². The molecule has 0 atom stereocenters. The van der Waals surface area contributed by atoms with Crippen LogP contribution in [0.4, 0.5) is 0 Å². The first kappa shape index (κ1) is 12.0. The molecule has 0 aliphatic carbocycles. The average Bonchev–Trinajstić information content (AvgIpc) is 2.60. The fraction of sp³-hybridized carbons (Fsp3) is 0.167. The average molecular weight is 266 g/mol. The molecule has 0 aliphatic rings. The van der Waals surface area contributed by atoms with E-state index in [1.807, 2.05) is 13.1 Å². The van der Waals surface area contributed by atoms with E-state index in [0.717, 1.165) is 16.9 Å². The second-order valence-corrected chi connectivity index (χ2v) is 4.52. The third-order valence-electron chi connectivity index (χ3n) is 2.38. The zero-order valence-corrected chi connectivity index (χ0v) is 10.6. The molecule has 1 aromatic carbocycles. The molecule has 0 saturated carbocycles. The molecule has 0 saturated heterocycles. The van der Waals surface area contributed by atoms with Crippen molar-refractivity contribution in [2.24, 2.45) is 0 Å². The first-order valence-electron chi connectivity index (χ1n) is 4.98. The van der Waals surface area contributed by atoms with Crippen LogP contribution >= 0.6 is 23.2 Å². The maximum Gasteiger partial charge on any atom is 0.0675 e. The minimum atomic E-state index is 0.347. The highest BCUT2D eigenvalue weighted by atomic mass is 35.5. The normalized spacial score (nSPS) is 10.2. The summed E-state index contributed by atoms with van der Waals surface area (Å²) in [7, 11) is 0. The number of hydrogen-bond acceptors (Lipinski definition) is 2. The van der Waals surface area contributed by atoms with E-state index in [1.54, 1.807) is 22.9 Å². The second kappa shape index (κ2) is 4.79. The van der Waals surface area contributed by atoms with Crippen LogP contribution in [0.15, 0.2) is 24.4 Å². The summed E-state index contributed by atoms with van der Waals surface area (Å²) in [6.07, 6.45) is 2.17. The zero-order valence-electron chi connectivity index (χ0n) is 9.11. The third-order valence-corrected chi connectivity index (χ3v) is 2.82. The fourth-order valence-corrected chi connectivity index (χ4v) is 2.07. The van der Waals surface area contributed by atoms with Gasteiger partial charge in [0.25, 0.3) is 0 Å². The van der Waals surface area contributed by atoms with Gasteiger partial charge >= 0.3 is 0 Å². The summed E-state index contributed by atoms with van der Waals surface area (Å²) in [5.41, 5.74) is 2.53. The number of aryl methyl sites for hydroxylation is 1. The van der Waals surface area contributed by atoms with Crippen molar-refractivity contribution in [2.75, 3.05) is 0 Å². The Bertz CT molecular complexity index is 576. The number of aromatic nitrogens is 2. The molecule has 0 unspecified atom stereocenters. The van der Waals surface area contributed by atoms with Gasteiger partial charge in [0.1, 0.15) is 0 Å². The van der Waals surface area contributed by atoms with Crippen LogP contribution in [0, 0.1) is 18.3 Å². The predicted molar refractivity (Wildman–Crippen MR) is 67.6 cm³/mol. The molecular weight excluding hydrogens is 257 g/mol. The van der Waals surface area contributed by atoms with Crippen molar-refractivity contribution < 1.29 is 0 Å². The van der Waals surface area contributed by atoms with Crippen LogP contribution in [-0.2, 0) is 6.42 Å². The summed E-state index contributed by atoms with van der Waals surface area (Å²) < 4.78 is 1.68. The molecule has 17 heavy (non-hydrogen) atoms. The van der Waals surface area contributed by atoms with Crippen molar-refractivity contribution in [3.63, 3.8) is 0 Å². The van der Waals surface area contributed by atoms with Crippen molar-refractivity contribution in [3.8, 4) is 11.8 Å². The van der Waals surface area contributed by atoms with Crippen molar-refractivity contribution in [2.45, 2.75) is 13.3 Å². The van der Waals surface area contributed by atoms with Gasteiger partial charge in [-0.15, -0.1) is 0 Å². The van der Waals surface area contributed by atoms with E-state index >= 15 is 0 Å². The summed E-state index contributed by atoms with van der Waals surface area (Å²) in [4.78, 5) is 0. The molecule has 5 heteroatoms.